The van der Waals surface area contributed by atoms with Crippen LogP contribution >= 0.6 is 23.2 Å². The van der Waals surface area contributed by atoms with Gasteiger partial charge in [0, 0.05) is 23.1 Å². The van der Waals surface area contributed by atoms with Gasteiger partial charge in [0.25, 0.3) is 0 Å². The Morgan fingerprint density at radius 2 is 2.14 bits per heavy atom. The Balaban J connectivity index is 1.54. The van der Waals surface area contributed by atoms with Crippen LogP contribution in [0, 0.1) is 5.92 Å². The van der Waals surface area contributed by atoms with Crippen LogP contribution < -0.4 is 0 Å². The highest BCUT2D eigenvalue weighted by Crippen LogP contribution is 2.40. The third-order valence-corrected chi connectivity index (χ3v) is 5.54. The first kappa shape index (κ1) is 13.9. The predicted octanol–water partition coefficient (Wildman–Crippen LogP) is 3.45. The third-order valence-electron chi connectivity index (χ3n) is 4.98. The van der Waals surface area contributed by atoms with Gasteiger partial charge in [0.2, 0.25) is 5.91 Å². The topological polar surface area (TPSA) is 29.5 Å². The smallest absolute Gasteiger partial charge is 0.228 e. The molecule has 0 N–H and O–H groups in total. The van der Waals surface area contributed by atoms with Crippen LogP contribution in [0.2, 0.25) is 10.0 Å². The van der Waals surface area contributed by atoms with Crippen molar-refractivity contribution in [3.63, 3.8) is 0 Å². The van der Waals surface area contributed by atoms with Crippen molar-refractivity contribution in [2.24, 2.45) is 5.92 Å². The zero-order valence-corrected chi connectivity index (χ0v) is 13.2. The highest BCUT2D eigenvalue weighted by molar-refractivity contribution is 6.35. The van der Waals surface area contributed by atoms with Crippen molar-refractivity contribution in [1.29, 1.82) is 0 Å². The second-order valence-electron chi connectivity index (χ2n) is 6.25. The van der Waals surface area contributed by atoms with Gasteiger partial charge in [-0.25, -0.2) is 0 Å². The Bertz CT molecular complexity index is 604. The number of amides is 1. The average molecular weight is 326 g/mol. The van der Waals surface area contributed by atoms with Crippen molar-refractivity contribution in [3.05, 3.63) is 33.3 Å². The van der Waals surface area contributed by atoms with Gasteiger partial charge in [-0.15, -0.1) is 0 Å². The van der Waals surface area contributed by atoms with Gasteiger partial charge in [-0.2, -0.15) is 0 Å². The first-order valence-electron chi connectivity index (χ1n) is 7.53. The molecule has 3 aliphatic rings. The van der Waals surface area contributed by atoms with Gasteiger partial charge in [-0.1, -0.05) is 23.2 Å². The second-order valence-corrected chi connectivity index (χ2v) is 7.09. The summed E-state index contributed by atoms with van der Waals surface area (Å²) in [6.07, 6.45) is 4.30. The fourth-order valence-electron chi connectivity index (χ4n) is 3.93. The summed E-state index contributed by atoms with van der Waals surface area (Å²) >= 11 is 12.3. The molecule has 0 spiro atoms. The summed E-state index contributed by atoms with van der Waals surface area (Å²) in [6.45, 7) is 1.35. The normalized spacial score (nSPS) is 30.6. The largest absolute Gasteiger partial charge is 0.374 e. The van der Waals surface area contributed by atoms with Gasteiger partial charge in [-0.05, 0) is 48.9 Å². The minimum absolute atomic E-state index is 0.0555. The van der Waals surface area contributed by atoms with Gasteiger partial charge >= 0.3 is 0 Å². The van der Waals surface area contributed by atoms with Gasteiger partial charge in [0.1, 0.15) is 0 Å². The van der Waals surface area contributed by atoms with E-state index in [4.69, 9.17) is 27.9 Å². The fourth-order valence-corrected chi connectivity index (χ4v) is 4.56. The lowest BCUT2D eigenvalue weighted by Gasteiger charge is -2.33. The first-order chi connectivity index (χ1) is 10.1. The molecule has 0 aliphatic carbocycles. The molecule has 0 saturated carbocycles. The number of rotatable bonds is 1. The number of hydrogen-bond acceptors (Lipinski definition) is 2. The second kappa shape index (κ2) is 5.15. The Morgan fingerprint density at radius 3 is 2.86 bits per heavy atom. The quantitative estimate of drug-likeness (QED) is 0.791. The Labute approximate surface area is 134 Å². The summed E-state index contributed by atoms with van der Waals surface area (Å²) in [4.78, 5) is 14.7. The zero-order valence-electron chi connectivity index (χ0n) is 11.6. The molecular weight excluding hydrogens is 309 g/mol. The predicted molar refractivity (Wildman–Crippen MR) is 81.6 cm³/mol. The molecule has 112 valence electrons. The Morgan fingerprint density at radius 1 is 1.29 bits per heavy atom. The zero-order chi connectivity index (χ0) is 14.6. The van der Waals surface area contributed by atoms with E-state index in [1.807, 2.05) is 11.0 Å². The van der Waals surface area contributed by atoms with Crippen LogP contribution in [-0.2, 0) is 22.5 Å². The molecule has 1 amide bonds. The molecule has 5 heteroatoms. The Hall–Kier alpha value is -0.770. The van der Waals surface area contributed by atoms with Gasteiger partial charge in [-0.3, -0.25) is 4.79 Å². The molecule has 3 heterocycles. The summed E-state index contributed by atoms with van der Waals surface area (Å²) in [6, 6.07) is 3.71. The van der Waals surface area contributed by atoms with Crippen LogP contribution in [0.3, 0.4) is 0 Å². The number of halogens is 2. The molecule has 21 heavy (non-hydrogen) atoms. The van der Waals surface area contributed by atoms with Crippen molar-refractivity contribution < 1.29 is 9.53 Å². The third kappa shape index (κ3) is 2.36. The monoisotopic (exact) mass is 325 g/mol. The highest BCUT2D eigenvalue weighted by Gasteiger charge is 2.46. The number of carbonyl (C=O) groups is 1. The lowest BCUT2D eigenvalue weighted by atomic mass is 9.87. The highest BCUT2D eigenvalue weighted by atomic mass is 35.5. The van der Waals surface area contributed by atoms with E-state index in [2.05, 4.69) is 0 Å². The molecule has 3 aliphatic heterocycles. The molecule has 0 radical (unpaired) electrons. The molecule has 3 atom stereocenters. The van der Waals surface area contributed by atoms with E-state index in [-0.39, 0.29) is 17.9 Å². The van der Waals surface area contributed by atoms with Gasteiger partial charge < -0.3 is 9.64 Å². The van der Waals surface area contributed by atoms with Gasteiger partial charge in [0.15, 0.2) is 0 Å². The number of carbonyl (C=O) groups excluding carboxylic acids is 1. The lowest BCUT2D eigenvalue weighted by molar-refractivity contribution is -0.138. The van der Waals surface area contributed by atoms with Crippen molar-refractivity contribution in [2.75, 3.05) is 6.54 Å². The minimum atomic E-state index is 0.0555. The van der Waals surface area contributed by atoms with E-state index in [9.17, 15) is 4.79 Å². The summed E-state index contributed by atoms with van der Waals surface area (Å²) in [5.41, 5.74) is 2.21. The van der Waals surface area contributed by atoms with E-state index < -0.39 is 0 Å². The molecule has 1 aromatic rings. The van der Waals surface area contributed by atoms with Crippen molar-refractivity contribution in [1.82, 2.24) is 4.90 Å². The van der Waals surface area contributed by atoms with Crippen LogP contribution in [0.4, 0.5) is 0 Å². The molecule has 2 bridgehead atoms. The molecule has 4 rings (SSSR count). The summed E-state index contributed by atoms with van der Waals surface area (Å²) in [5.74, 6) is 0.295. The number of hydrogen-bond donors (Lipinski definition) is 0. The number of benzene rings is 1. The summed E-state index contributed by atoms with van der Waals surface area (Å²) < 4.78 is 5.81. The Kier molecular flexibility index (Phi) is 3.40. The number of ether oxygens (including phenoxy) is 1. The van der Waals surface area contributed by atoms with Gasteiger partial charge in [0.05, 0.1) is 18.1 Å². The summed E-state index contributed by atoms with van der Waals surface area (Å²) in [7, 11) is 0. The molecule has 0 unspecified atom stereocenters. The molecule has 3 nitrogen and oxygen atoms in total. The molecule has 2 fully saturated rings. The average Bonchev–Trinajstić information content (AvgIpc) is 3.08. The van der Waals surface area contributed by atoms with Crippen LogP contribution in [0.5, 0.6) is 0 Å². The van der Waals surface area contributed by atoms with Crippen molar-refractivity contribution in [3.8, 4) is 0 Å². The number of fused-ring (bicyclic) bond motifs is 3. The maximum atomic E-state index is 12.7. The first-order valence-corrected chi connectivity index (χ1v) is 8.28. The maximum absolute atomic E-state index is 12.7. The van der Waals surface area contributed by atoms with Crippen LogP contribution in [-0.4, -0.2) is 29.6 Å². The van der Waals surface area contributed by atoms with E-state index >= 15 is 0 Å². The maximum Gasteiger partial charge on any atom is 0.228 e. The SMILES string of the molecule is O=C([C@@H]1C[C@H]2CC[C@@H]1O2)N1CCc2c(Cl)cc(Cl)cc2C1. The molecule has 0 aromatic heterocycles. The molecule has 2 saturated heterocycles. The van der Waals surface area contributed by atoms with E-state index in [0.29, 0.717) is 22.7 Å². The minimum Gasteiger partial charge on any atom is -0.374 e. The van der Waals surface area contributed by atoms with E-state index in [1.54, 1.807) is 6.07 Å². The fraction of sp³-hybridized carbons (Fsp3) is 0.562. The lowest BCUT2D eigenvalue weighted by Crippen LogP contribution is -2.42. The van der Waals surface area contributed by atoms with Crippen molar-refractivity contribution in [2.45, 2.75) is 44.4 Å². The van der Waals surface area contributed by atoms with Crippen LogP contribution in [0.15, 0.2) is 12.1 Å². The van der Waals surface area contributed by atoms with E-state index in [0.717, 1.165) is 43.4 Å². The summed E-state index contributed by atoms with van der Waals surface area (Å²) in [5, 5.41) is 1.35. The standard InChI is InChI=1S/C16H17Cl2NO2/c17-10-5-9-8-19(4-3-12(9)14(18)6-10)16(20)13-7-11-1-2-15(13)21-11/h5-6,11,13,15H,1-4,7-8H2/t11-,13-,15+/m1/s1. The van der Waals surface area contributed by atoms with Crippen molar-refractivity contribution >= 4 is 29.1 Å². The molecule has 1 aromatic carbocycles. The van der Waals surface area contributed by atoms with Crippen LogP contribution in [0.1, 0.15) is 30.4 Å². The van der Waals surface area contributed by atoms with E-state index in [1.165, 1.54) is 0 Å². The molecular formula is C16H17Cl2NO2. The van der Waals surface area contributed by atoms with Crippen LogP contribution in [0.25, 0.3) is 0 Å². The number of nitrogens with zero attached hydrogens (tertiary/aromatic N) is 1.